The van der Waals surface area contributed by atoms with Crippen LogP contribution in [0.2, 0.25) is 0 Å². The van der Waals surface area contributed by atoms with Crippen LogP contribution in [0.4, 0.5) is 4.79 Å². The number of methoxy groups -OCH3 is 1. The van der Waals surface area contributed by atoms with Crippen LogP contribution in [0, 0.1) is 12.3 Å². The first-order valence-corrected chi connectivity index (χ1v) is 6.61. The molecule has 1 heterocycles. The molecule has 2 rings (SSSR count). The maximum Gasteiger partial charge on any atom is 0.408 e. The van der Waals surface area contributed by atoms with Gasteiger partial charge in [0.15, 0.2) is 6.61 Å². The van der Waals surface area contributed by atoms with Crippen molar-refractivity contribution in [2.75, 3.05) is 20.3 Å². The summed E-state index contributed by atoms with van der Waals surface area (Å²) in [6, 6.07) is 7.58. The van der Waals surface area contributed by atoms with Crippen LogP contribution in [0.15, 0.2) is 39.7 Å². The standard InChI is InChI=1S/C15H16N4O3/c1-3-8-22-14(20)16-10-15(11-17-19-18-15)9-12-4-6-13(21-2)7-5-12/h1,4-7,11H,8-10H2,2H3,(H,16,20). The summed E-state index contributed by atoms with van der Waals surface area (Å²) in [5, 5.41) is 14.2. The largest absolute Gasteiger partial charge is 0.497 e. The monoisotopic (exact) mass is 300 g/mol. The van der Waals surface area contributed by atoms with Crippen LogP contribution in [0.1, 0.15) is 5.56 Å². The molecule has 0 aromatic heterocycles. The van der Waals surface area contributed by atoms with Crippen LogP contribution in [0.5, 0.6) is 5.75 Å². The average Bonchev–Trinajstić information content (AvgIpc) is 3.00. The van der Waals surface area contributed by atoms with Gasteiger partial charge in [0.2, 0.25) is 0 Å². The van der Waals surface area contributed by atoms with E-state index in [-0.39, 0.29) is 13.2 Å². The third kappa shape index (κ3) is 4.06. The second-order valence-corrected chi connectivity index (χ2v) is 4.70. The average molecular weight is 300 g/mol. The summed E-state index contributed by atoms with van der Waals surface area (Å²) >= 11 is 0. The fourth-order valence-corrected chi connectivity index (χ4v) is 1.98. The highest BCUT2D eigenvalue weighted by molar-refractivity contribution is 5.75. The highest BCUT2D eigenvalue weighted by atomic mass is 16.5. The molecule has 0 fully saturated rings. The normalized spacial score (nSPS) is 18.7. The van der Waals surface area contributed by atoms with Crippen molar-refractivity contribution in [3.63, 3.8) is 0 Å². The summed E-state index contributed by atoms with van der Waals surface area (Å²) in [5.74, 6) is 3.00. The Kier molecular flexibility index (Phi) is 5.09. The Bertz CT molecular complexity index is 605. The topological polar surface area (TPSA) is 84.6 Å². The van der Waals surface area contributed by atoms with E-state index in [0.717, 1.165) is 11.3 Å². The Morgan fingerprint density at radius 2 is 2.18 bits per heavy atom. The third-order valence-electron chi connectivity index (χ3n) is 3.09. The zero-order valence-corrected chi connectivity index (χ0v) is 12.2. The number of terminal acetylenes is 1. The molecule has 1 aliphatic rings. The molecule has 0 saturated heterocycles. The van der Waals surface area contributed by atoms with E-state index in [4.69, 9.17) is 15.9 Å². The SMILES string of the molecule is C#CCOC(=O)NCC1(Cc2ccc(OC)cc2)C=NN=N1. The molecule has 0 aliphatic carbocycles. The molecule has 1 N–H and O–H groups in total. The second-order valence-electron chi connectivity index (χ2n) is 4.70. The van der Waals surface area contributed by atoms with Gasteiger partial charge >= 0.3 is 6.09 Å². The van der Waals surface area contributed by atoms with Crippen LogP contribution in [0.25, 0.3) is 0 Å². The van der Waals surface area contributed by atoms with Gasteiger partial charge in [0.05, 0.1) is 19.9 Å². The van der Waals surface area contributed by atoms with Gasteiger partial charge in [-0.25, -0.2) is 4.79 Å². The van der Waals surface area contributed by atoms with E-state index in [1.54, 1.807) is 13.3 Å². The van der Waals surface area contributed by atoms with Crippen molar-refractivity contribution >= 4 is 12.3 Å². The van der Waals surface area contributed by atoms with Crippen LogP contribution in [-0.4, -0.2) is 38.1 Å². The van der Waals surface area contributed by atoms with Crippen LogP contribution >= 0.6 is 0 Å². The van der Waals surface area contributed by atoms with Gasteiger partial charge in [-0.2, -0.15) is 5.11 Å². The van der Waals surface area contributed by atoms with Crippen LogP contribution in [-0.2, 0) is 11.2 Å². The van der Waals surface area contributed by atoms with Gasteiger partial charge in [0.25, 0.3) is 0 Å². The summed E-state index contributed by atoms with van der Waals surface area (Å²) in [6.45, 7) is 0.141. The molecular formula is C15H16N4O3. The Hall–Kier alpha value is -2.88. The Morgan fingerprint density at radius 1 is 1.41 bits per heavy atom. The molecule has 22 heavy (non-hydrogen) atoms. The van der Waals surface area contributed by atoms with Crippen LogP contribution in [0.3, 0.4) is 0 Å². The molecule has 1 unspecified atom stereocenters. The molecule has 1 aromatic rings. The highest BCUT2D eigenvalue weighted by Crippen LogP contribution is 2.22. The third-order valence-corrected chi connectivity index (χ3v) is 3.09. The quantitative estimate of drug-likeness (QED) is 0.813. The van der Waals surface area contributed by atoms with Gasteiger partial charge in [-0.05, 0) is 22.9 Å². The number of alkyl carbamates (subject to hydrolysis) is 1. The first kappa shape index (κ1) is 15.5. The molecule has 1 aliphatic heterocycles. The number of nitrogens with one attached hydrogen (secondary N) is 1. The van der Waals surface area contributed by atoms with E-state index < -0.39 is 11.6 Å². The van der Waals surface area contributed by atoms with Crippen molar-refractivity contribution in [2.45, 2.75) is 12.0 Å². The van der Waals surface area contributed by atoms with Crippen molar-refractivity contribution in [1.29, 1.82) is 0 Å². The molecule has 1 atom stereocenters. The number of rotatable bonds is 6. The summed E-state index contributed by atoms with van der Waals surface area (Å²) in [5.41, 5.74) is 0.302. The second kappa shape index (κ2) is 7.22. The summed E-state index contributed by atoms with van der Waals surface area (Å²) in [4.78, 5) is 11.5. The predicted octanol–water partition coefficient (Wildman–Crippen LogP) is 1.79. The van der Waals surface area contributed by atoms with E-state index in [1.165, 1.54) is 0 Å². The smallest absolute Gasteiger partial charge is 0.408 e. The lowest BCUT2D eigenvalue weighted by Gasteiger charge is -2.21. The zero-order valence-electron chi connectivity index (χ0n) is 12.2. The maximum absolute atomic E-state index is 11.5. The number of nitrogens with zero attached hydrogens (tertiary/aromatic N) is 3. The fourth-order valence-electron chi connectivity index (χ4n) is 1.98. The van der Waals surface area contributed by atoms with Gasteiger partial charge in [-0.3, -0.25) is 0 Å². The highest BCUT2D eigenvalue weighted by Gasteiger charge is 2.32. The van der Waals surface area contributed by atoms with Crippen molar-refractivity contribution in [2.24, 2.45) is 15.4 Å². The molecule has 1 amide bonds. The first-order chi connectivity index (χ1) is 10.7. The van der Waals surface area contributed by atoms with E-state index in [2.05, 4.69) is 26.7 Å². The minimum absolute atomic E-state index is 0.0765. The van der Waals surface area contributed by atoms with Crippen molar-refractivity contribution < 1.29 is 14.3 Å². The summed E-state index contributed by atoms with van der Waals surface area (Å²) in [7, 11) is 1.61. The Labute approximate surface area is 128 Å². The van der Waals surface area contributed by atoms with Crippen molar-refractivity contribution in [3.8, 4) is 18.1 Å². The zero-order chi connectivity index (χ0) is 15.8. The van der Waals surface area contributed by atoms with E-state index >= 15 is 0 Å². The predicted molar refractivity (Wildman–Crippen MR) is 81.0 cm³/mol. The Morgan fingerprint density at radius 3 is 2.77 bits per heavy atom. The molecular weight excluding hydrogens is 284 g/mol. The minimum Gasteiger partial charge on any atom is -0.497 e. The van der Waals surface area contributed by atoms with Gasteiger partial charge in [-0.1, -0.05) is 18.1 Å². The number of hydrogen-bond acceptors (Lipinski definition) is 6. The molecule has 0 saturated carbocycles. The van der Waals surface area contributed by atoms with Gasteiger partial charge < -0.3 is 14.8 Å². The fraction of sp³-hybridized carbons (Fsp3) is 0.333. The maximum atomic E-state index is 11.5. The van der Waals surface area contributed by atoms with Gasteiger partial charge in [0, 0.05) is 6.42 Å². The summed E-state index contributed by atoms with van der Waals surface area (Å²) < 4.78 is 9.88. The molecule has 0 spiro atoms. The van der Waals surface area contributed by atoms with Crippen LogP contribution < -0.4 is 10.1 Å². The molecule has 1 aromatic carbocycles. The number of carbonyl (C=O) groups excluding carboxylic acids is 1. The number of hydrogen-bond donors (Lipinski definition) is 1. The minimum atomic E-state index is -0.719. The summed E-state index contributed by atoms with van der Waals surface area (Å²) in [6.07, 6.45) is 6.58. The molecule has 0 radical (unpaired) electrons. The van der Waals surface area contributed by atoms with E-state index in [1.807, 2.05) is 24.3 Å². The van der Waals surface area contributed by atoms with E-state index in [9.17, 15) is 4.79 Å². The number of ether oxygens (including phenoxy) is 2. The van der Waals surface area contributed by atoms with E-state index in [0.29, 0.717) is 6.42 Å². The first-order valence-electron chi connectivity index (χ1n) is 6.61. The molecule has 7 heteroatoms. The molecule has 0 bridgehead atoms. The Balaban J connectivity index is 1.99. The van der Waals surface area contributed by atoms with Gasteiger partial charge in [-0.15, -0.1) is 11.5 Å². The number of carbonyl (C=O) groups is 1. The molecule has 114 valence electrons. The lowest BCUT2D eigenvalue weighted by molar-refractivity contribution is 0.158. The molecule has 7 nitrogen and oxygen atoms in total. The van der Waals surface area contributed by atoms with Crippen molar-refractivity contribution in [3.05, 3.63) is 29.8 Å². The number of amides is 1. The lowest BCUT2D eigenvalue weighted by Crippen LogP contribution is -2.43. The van der Waals surface area contributed by atoms with Crippen molar-refractivity contribution in [1.82, 2.24) is 5.32 Å². The van der Waals surface area contributed by atoms with Gasteiger partial charge in [0.1, 0.15) is 11.3 Å². The lowest BCUT2D eigenvalue weighted by atomic mass is 9.93. The number of benzene rings is 1.